The molecule has 4 nitrogen and oxygen atoms in total. The second kappa shape index (κ2) is 6.21. The van der Waals surface area contributed by atoms with Crippen molar-refractivity contribution in [2.75, 3.05) is 7.11 Å². The number of nitrogens with zero attached hydrogens (tertiary/aromatic N) is 1. The maximum absolute atomic E-state index is 5.39. The van der Waals surface area contributed by atoms with E-state index in [2.05, 4.69) is 23.5 Å². The molecule has 1 aromatic carbocycles. The smallest absolute Gasteiger partial charge is 0.150 e. The average Bonchev–Trinajstić information content (AvgIpc) is 2.93. The van der Waals surface area contributed by atoms with Crippen molar-refractivity contribution in [1.29, 1.82) is 0 Å². The van der Waals surface area contributed by atoms with Crippen LogP contribution >= 0.6 is 0 Å². The minimum absolute atomic E-state index is 0.242. The second-order valence-corrected chi connectivity index (χ2v) is 4.06. The van der Waals surface area contributed by atoms with Crippen molar-refractivity contribution < 1.29 is 9.26 Å². The third kappa shape index (κ3) is 2.90. The number of hydrogen-bond acceptors (Lipinski definition) is 4. The van der Waals surface area contributed by atoms with Crippen molar-refractivity contribution in [3.8, 4) is 5.75 Å². The van der Waals surface area contributed by atoms with E-state index in [-0.39, 0.29) is 6.04 Å². The molecule has 0 spiro atoms. The van der Waals surface area contributed by atoms with Gasteiger partial charge in [0.25, 0.3) is 0 Å². The van der Waals surface area contributed by atoms with Crippen molar-refractivity contribution in [3.05, 3.63) is 47.9 Å². The normalized spacial score (nSPS) is 12.3. The van der Waals surface area contributed by atoms with Crippen LogP contribution in [0.25, 0.3) is 0 Å². The minimum Gasteiger partial charge on any atom is -0.496 e. The lowest BCUT2D eigenvalue weighted by Crippen LogP contribution is -2.20. The van der Waals surface area contributed by atoms with Gasteiger partial charge in [-0.05, 0) is 12.5 Å². The summed E-state index contributed by atoms with van der Waals surface area (Å²) in [5.41, 5.74) is 1.17. The zero-order valence-electron chi connectivity index (χ0n) is 10.7. The second-order valence-electron chi connectivity index (χ2n) is 4.06. The summed E-state index contributed by atoms with van der Waals surface area (Å²) in [6.45, 7) is 2.81. The highest BCUT2D eigenvalue weighted by Crippen LogP contribution is 2.26. The number of para-hydroxylation sites is 1. The van der Waals surface area contributed by atoms with E-state index in [1.807, 2.05) is 24.3 Å². The third-order valence-corrected chi connectivity index (χ3v) is 2.94. The fourth-order valence-electron chi connectivity index (χ4n) is 1.99. The average molecular weight is 246 g/mol. The van der Waals surface area contributed by atoms with E-state index in [1.54, 1.807) is 13.3 Å². The molecule has 1 aromatic heterocycles. The predicted molar refractivity (Wildman–Crippen MR) is 69.4 cm³/mol. The molecule has 0 fully saturated rings. The number of rotatable bonds is 6. The Hall–Kier alpha value is -1.81. The third-order valence-electron chi connectivity index (χ3n) is 2.94. The highest BCUT2D eigenvalue weighted by atomic mass is 16.5. The van der Waals surface area contributed by atoms with Crippen LogP contribution in [0.3, 0.4) is 0 Å². The van der Waals surface area contributed by atoms with E-state index >= 15 is 0 Å². The van der Waals surface area contributed by atoms with E-state index in [9.17, 15) is 0 Å². The molecule has 18 heavy (non-hydrogen) atoms. The number of hydrogen-bond donors (Lipinski definition) is 1. The summed E-state index contributed by atoms with van der Waals surface area (Å²) in [5.74, 6) is 1.75. The lowest BCUT2D eigenvalue weighted by molar-refractivity contribution is 0.356. The summed E-state index contributed by atoms with van der Waals surface area (Å²) in [5, 5.41) is 7.14. The Kier molecular flexibility index (Phi) is 4.36. The minimum atomic E-state index is 0.242. The number of nitrogens with one attached hydrogen (secondary N) is 1. The first kappa shape index (κ1) is 12.6. The Balaban J connectivity index is 2.08. The monoisotopic (exact) mass is 246 g/mol. The molecule has 0 bridgehead atoms. The molecule has 2 aromatic rings. The van der Waals surface area contributed by atoms with Gasteiger partial charge < -0.3 is 14.6 Å². The number of methoxy groups -OCH3 is 1. The van der Waals surface area contributed by atoms with Crippen LogP contribution in [-0.2, 0) is 6.54 Å². The molecular weight excluding hydrogens is 228 g/mol. The molecule has 0 aliphatic heterocycles. The zero-order valence-corrected chi connectivity index (χ0v) is 10.7. The molecular formula is C14H18N2O2. The molecule has 0 aliphatic rings. The lowest BCUT2D eigenvalue weighted by Gasteiger charge is -2.19. The predicted octanol–water partition coefficient (Wildman–Crippen LogP) is 2.92. The first-order valence-electron chi connectivity index (χ1n) is 6.11. The van der Waals surface area contributed by atoms with Gasteiger partial charge >= 0.3 is 0 Å². The molecule has 1 atom stereocenters. The molecule has 0 aliphatic carbocycles. The summed E-state index contributed by atoms with van der Waals surface area (Å²) in [6, 6.07) is 10.2. The lowest BCUT2D eigenvalue weighted by atomic mass is 10.0. The zero-order chi connectivity index (χ0) is 12.8. The highest BCUT2D eigenvalue weighted by molar-refractivity contribution is 5.35. The topological polar surface area (TPSA) is 47.3 Å². The molecule has 1 heterocycles. The summed E-state index contributed by atoms with van der Waals surface area (Å²) >= 11 is 0. The van der Waals surface area contributed by atoms with Crippen molar-refractivity contribution in [2.45, 2.75) is 25.9 Å². The summed E-state index contributed by atoms with van der Waals surface area (Å²) < 4.78 is 10.5. The van der Waals surface area contributed by atoms with Crippen LogP contribution < -0.4 is 10.1 Å². The van der Waals surface area contributed by atoms with Crippen LogP contribution in [-0.4, -0.2) is 12.3 Å². The molecule has 0 saturated carbocycles. The van der Waals surface area contributed by atoms with Crippen molar-refractivity contribution >= 4 is 0 Å². The van der Waals surface area contributed by atoms with Gasteiger partial charge in [-0.2, -0.15) is 0 Å². The largest absolute Gasteiger partial charge is 0.496 e. The molecule has 1 unspecified atom stereocenters. The molecule has 0 amide bonds. The Bertz CT molecular complexity index is 468. The summed E-state index contributed by atoms with van der Waals surface area (Å²) in [7, 11) is 1.70. The van der Waals surface area contributed by atoms with Crippen molar-refractivity contribution in [3.63, 3.8) is 0 Å². The first-order valence-corrected chi connectivity index (χ1v) is 6.11. The van der Waals surface area contributed by atoms with Crippen LogP contribution in [0.5, 0.6) is 5.75 Å². The van der Waals surface area contributed by atoms with E-state index in [4.69, 9.17) is 9.26 Å². The van der Waals surface area contributed by atoms with Gasteiger partial charge in [-0.1, -0.05) is 30.3 Å². The van der Waals surface area contributed by atoms with E-state index < -0.39 is 0 Å². The summed E-state index contributed by atoms with van der Waals surface area (Å²) in [4.78, 5) is 0. The highest BCUT2D eigenvalue weighted by Gasteiger charge is 2.13. The van der Waals surface area contributed by atoms with Crippen LogP contribution in [0.2, 0.25) is 0 Å². The number of benzene rings is 1. The van der Waals surface area contributed by atoms with Crippen molar-refractivity contribution in [2.24, 2.45) is 0 Å². The first-order chi connectivity index (χ1) is 8.85. The van der Waals surface area contributed by atoms with Gasteiger partial charge in [0.15, 0.2) is 0 Å². The van der Waals surface area contributed by atoms with Gasteiger partial charge in [0.1, 0.15) is 11.5 Å². The maximum Gasteiger partial charge on any atom is 0.150 e. The molecule has 1 N–H and O–H groups in total. The molecule has 2 rings (SSSR count). The molecule has 0 radical (unpaired) electrons. The van der Waals surface area contributed by atoms with Gasteiger partial charge in [0, 0.05) is 17.7 Å². The van der Waals surface area contributed by atoms with Gasteiger partial charge in [0.2, 0.25) is 0 Å². The van der Waals surface area contributed by atoms with Gasteiger partial charge in [0.05, 0.1) is 19.9 Å². The Morgan fingerprint density at radius 1 is 1.33 bits per heavy atom. The van der Waals surface area contributed by atoms with E-state index in [0.717, 1.165) is 17.9 Å². The van der Waals surface area contributed by atoms with E-state index in [1.165, 1.54) is 5.56 Å². The SMILES string of the molecule is CCC(NCc1ccno1)c1ccccc1OC. The van der Waals surface area contributed by atoms with Crippen LogP contribution in [0.4, 0.5) is 0 Å². The standard InChI is InChI=1S/C14H18N2O2/c1-3-13(15-10-11-8-9-16-18-11)12-6-4-5-7-14(12)17-2/h4-9,13,15H,3,10H2,1-2H3. The number of aromatic nitrogens is 1. The van der Waals surface area contributed by atoms with Crippen LogP contribution in [0, 0.1) is 0 Å². The fourth-order valence-corrected chi connectivity index (χ4v) is 1.99. The fraction of sp³-hybridized carbons (Fsp3) is 0.357. The molecule has 96 valence electrons. The van der Waals surface area contributed by atoms with Gasteiger partial charge in [-0.15, -0.1) is 0 Å². The summed E-state index contributed by atoms with van der Waals surface area (Å²) in [6.07, 6.45) is 2.63. The molecule has 4 heteroatoms. The Morgan fingerprint density at radius 2 is 2.17 bits per heavy atom. The van der Waals surface area contributed by atoms with Crippen LogP contribution in [0.15, 0.2) is 41.1 Å². The van der Waals surface area contributed by atoms with Gasteiger partial charge in [-0.3, -0.25) is 0 Å². The maximum atomic E-state index is 5.39. The van der Waals surface area contributed by atoms with Gasteiger partial charge in [-0.25, -0.2) is 0 Å². The number of ether oxygens (including phenoxy) is 1. The molecule has 0 saturated heterocycles. The Labute approximate surface area is 107 Å². The van der Waals surface area contributed by atoms with Crippen molar-refractivity contribution in [1.82, 2.24) is 10.5 Å². The van der Waals surface area contributed by atoms with E-state index in [0.29, 0.717) is 6.54 Å². The Morgan fingerprint density at radius 3 is 2.83 bits per heavy atom. The van der Waals surface area contributed by atoms with Crippen LogP contribution in [0.1, 0.15) is 30.7 Å². The quantitative estimate of drug-likeness (QED) is 0.851.